The van der Waals surface area contributed by atoms with E-state index < -0.39 is 0 Å². The maximum atomic E-state index is 13.8. The third-order valence-electron chi connectivity index (χ3n) is 7.50. The van der Waals surface area contributed by atoms with Crippen molar-refractivity contribution >= 4 is 6.02 Å². The zero-order valence-electron chi connectivity index (χ0n) is 19.3. The number of rotatable bonds is 3. The lowest BCUT2D eigenvalue weighted by Crippen LogP contribution is -2.40. The van der Waals surface area contributed by atoms with E-state index in [0.717, 1.165) is 50.5 Å². The molecule has 3 aromatic rings. The summed E-state index contributed by atoms with van der Waals surface area (Å²) >= 11 is 0. The van der Waals surface area contributed by atoms with Crippen LogP contribution < -0.4 is 5.32 Å². The standard InChI is InChI=1S/C29H30FN3O/c30-25-9-6-22(7-10-25)28-26-11-8-23(20-4-2-1-3-5-20)18-24(26)14-17-33(28)29-32-27(19-34-29)21-12-15-31-16-13-21/h1-11,18,21,27-28,31H,12-17,19H2/t27-,28-/m0/s1. The summed E-state index contributed by atoms with van der Waals surface area (Å²) in [5.74, 6) is 0.361. The van der Waals surface area contributed by atoms with Crippen molar-refractivity contribution in [2.24, 2.45) is 10.9 Å². The largest absolute Gasteiger partial charge is 0.463 e. The minimum absolute atomic E-state index is 0.0419. The Balaban J connectivity index is 1.36. The molecule has 0 radical (unpaired) electrons. The highest BCUT2D eigenvalue weighted by Crippen LogP contribution is 2.38. The van der Waals surface area contributed by atoms with Gasteiger partial charge in [-0.1, -0.05) is 60.7 Å². The molecule has 3 heterocycles. The van der Waals surface area contributed by atoms with E-state index in [2.05, 4.69) is 52.7 Å². The molecule has 1 saturated heterocycles. The highest BCUT2D eigenvalue weighted by atomic mass is 19.1. The number of halogens is 1. The van der Waals surface area contributed by atoms with E-state index in [1.165, 1.54) is 22.3 Å². The van der Waals surface area contributed by atoms with E-state index in [0.29, 0.717) is 12.5 Å². The van der Waals surface area contributed by atoms with Gasteiger partial charge in [-0.05, 0) is 78.2 Å². The van der Waals surface area contributed by atoms with Crippen LogP contribution >= 0.6 is 0 Å². The van der Waals surface area contributed by atoms with Crippen LogP contribution in [0.25, 0.3) is 11.1 Å². The van der Waals surface area contributed by atoms with Gasteiger partial charge in [0.25, 0.3) is 6.02 Å². The van der Waals surface area contributed by atoms with E-state index in [9.17, 15) is 4.39 Å². The first-order chi connectivity index (χ1) is 16.8. The number of ether oxygens (including phenoxy) is 1. The summed E-state index contributed by atoms with van der Waals surface area (Å²) in [4.78, 5) is 7.38. The molecule has 174 valence electrons. The molecule has 0 saturated carbocycles. The number of hydrogen-bond acceptors (Lipinski definition) is 4. The second-order valence-electron chi connectivity index (χ2n) is 9.55. The number of piperidine rings is 1. The minimum Gasteiger partial charge on any atom is -0.463 e. The maximum Gasteiger partial charge on any atom is 0.288 e. The topological polar surface area (TPSA) is 36.9 Å². The highest BCUT2D eigenvalue weighted by Gasteiger charge is 2.37. The van der Waals surface area contributed by atoms with Crippen LogP contribution in [0.1, 0.15) is 35.6 Å². The summed E-state index contributed by atoms with van der Waals surface area (Å²) in [5.41, 5.74) is 6.09. The quantitative estimate of drug-likeness (QED) is 0.590. The first-order valence-electron chi connectivity index (χ1n) is 12.4. The molecule has 3 aliphatic heterocycles. The highest BCUT2D eigenvalue weighted by molar-refractivity contribution is 5.77. The summed E-state index contributed by atoms with van der Waals surface area (Å²) < 4.78 is 20.0. The van der Waals surface area contributed by atoms with Gasteiger partial charge < -0.3 is 15.0 Å². The SMILES string of the molecule is Fc1ccc([C@H]2c3ccc(-c4ccccc4)cc3CCN2C2=N[C@H](C3CCNCC3)CO2)cc1. The van der Waals surface area contributed by atoms with Crippen LogP contribution in [-0.2, 0) is 11.2 Å². The first kappa shape index (κ1) is 21.4. The fourth-order valence-electron chi connectivity index (χ4n) is 5.65. The molecule has 0 spiro atoms. The molecule has 1 fully saturated rings. The second-order valence-corrected chi connectivity index (χ2v) is 9.55. The van der Waals surface area contributed by atoms with Crippen molar-refractivity contribution in [1.82, 2.24) is 10.2 Å². The average Bonchev–Trinajstić information content (AvgIpc) is 3.40. The van der Waals surface area contributed by atoms with Crippen LogP contribution in [0.2, 0.25) is 0 Å². The van der Waals surface area contributed by atoms with E-state index in [-0.39, 0.29) is 17.9 Å². The number of fused-ring (bicyclic) bond motifs is 1. The third kappa shape index (κ3) is 4.09. The molecular weight excluding hydrogens is 425 g/mol. The van der Waals surface area contributed by atoms with Crippen molar-refractivity contribution in [3.63, 3.8) is 0 Å². The van der Waals surface area contributed by atoms with Gasteiger partial charge in [-0.25, -0.2) is 9.38 Å². The minimum atomic E-state index is -0.216. The van der Waals surface area contributed by atoms with Crippen LogP contribution in [0, 0.1) is 11.7 Å². The van der Waals surface area contributed by atoms with E-state index >= 15 is 0 Å². The molecule has 3 aliphatic rings. The lowest BCUT2D eigenvalue weighted by Gasteiger charge is -2.38. The van der Waals surface area contributed by atoms with Crippen molar-refractivity contribution in [2.75, 3.05) is 26.2 Å². The van der Waals surface area contributed by atoms with Gasteiger partial charge in [-0.15, -0.1) is 0 Å². The Morgan fingerprint density at radius 1 is 0.912 bits per heavy atom. The van der Waals surface area contributed by atoms with Crippen LogP contribution in [-0.4, -0.2) is 43.2 Å². The Kier molecular flexibility index (Phi) is 5.79. The Hall–Kier alpha value is -3.18. The normalized spacial score (nSPS) is 22.7. The predicted molar refractivity (Wildman–Crippen MR) is 133 cm³/mol. The lowest BCUT2D eigenvalue weighted by molar-refractivity contribution is 0.204. The van der Waals surface area contributed by atoms with E-state index in [1.807, 2.05) is 18.2 Å². The van der Waals surface area contributed by atoms with Crippen molar-refractivity contribution in [2.45, 2.75) is 31.3 Å². The molecule has 5 heteroatoms. The van der Waals surface area contributed by atoms with Gasteiger partial charge in [0.2, 0.25) is 0 Å². The Bertz CT molecular complexity index is 1170. The van der Waals surface area contributed by atoms with Gasteiger partial charge in [-0.3, -0.25) is 0 Å². The number of nitrogens with one attached hydrogen (secondary N) is 1. The molecule has 0 unspecified atom stereocenters. The number of aliphatic imine (C=N–C) groups is 1. The number of amidine groups is 1. The molecule has 0 bridgehead atoms. The zero-order valence-corrected chi connectivity index (χ0v) is 19.3. The Labute approximate surface area is 200 Å². The molecule has 0 amide bonds. The van der Waals surface area contributed by atoms with Gasteiger partial charge in [0.05, 0.1) is 12.1 Å². The molecule has 3 aromatic carbocycles. The van der Waals surface area contributed by atoms with Crippen LogP contribution in [0.5, 0.6) is 0 Å². The third-order valence-corrected chi connectivity index (χ3v) is 7.50. The van der Waals surface area contributed by atoms with Gasteiger partial charge in [-0.2, -0.15) is 0 Å². The summed E-state index contributed by atoms with van der Waals surface area (Å²) in [6.45, 7) is 3.60. The fraction of sp³-hybridized carbons (Fsp3) is 0.345. The number of hydrogen-bond donors (Lipinski definition) is 1. The monoisotopic (exact) mass is 455 g/mol. The van der Waals surface area contributed by atoms with Crippen molar-refractivity contribution in [3.05, 3.63) is 95.3 Å². The van der Waals surface area contributed by atoms with Crippen molar-refractivity contribution in [3.8, 4) is 11.1 Å². The van der Waals surface area contributed by atoms with Gasteiger partial charge in [0.15, 0.2) is 0 Å². The van der Waals surface area contributed by atoms with Crippen LogP contribution in [0.4, 0.5) is 4.39 Å². The summed E-state index contributed by atoms with van der Waals surface area (Å²) in [7, 11) is 0. The van der Waals surface area contributed by atoms with Gasteiger partial charge in [0.1, 0.15) is 12.4 Å². The van der Waals surface area contributed by atoms with E-state index in [4.69, 9.17) is 9.73 Å². The molecule has 2 atom stereocenters. The molecule has 1 N–H and O–H groups in total. The molecule has 34 heavy (non-hydrogen) atoms. The number of benzene rings is 3. The van der Waals surface area contributed by atoms with Gasteiger partial charge >= 0.3 is 0 Å². The smallest absolute Gasteiger partial charge is 0.288 e. The van der Waals surface area contributed by atoms with Crippen LogP contribution in [0.15, 0.2) is 77.8 Å². The van der Waals surface area contributed by atoms with Crippen LogP contribution in [0.3, 0.4) is 0 Å². The predicted octanol–water partition coefficient (Wildman–Crippen LogP) is 5.19. The Morgan fingerprint density at radius 3 is 2.50 bits per heavy atom. The summed E-state index contributed by atoms with van der Waals surface area (Å²) in [6, 6.07) is 25.1. The summed E-state index contributed by atoms with van der Waals surface area (Å²) in [6.07, 6.45) is 3.22. The Morgan fingerprint density at radius 2 is 1.71 bits per heavy atom. The first-order valence-corrected chi connectivity index (χ1v) is 12.4. The fourth-order valence-corrected chi connectivity index (χ4v) is 5.65. The van der Waals surface area contributed by atoms with Gasteiger partial charge in [0, 0.05) is 6.54 Å². The molecular formula is C29H30FN3O. The molecule has 0 aromatic heterocycles. The lowest BCUT2D eigenvalue weighted by atomic mass is 9.86. The summed E-state index contributed by atoms with van der Waals surface area (Å²) in [5, 5.41) is 3.44. The molecule has 4 nitrogen and oxygen atoms in total. The zero-order chi connectivity index (χ0) is 22.9. The molecule has 6 rings (SSSR count). The van der Waals surface area contributed by atoms with Crippen molar-refractivity contribution in [1.29, 1.82) is 0 Å². The maximum absolute atomic E-state index is 13.8. The second kappa shape index (κ2) is 9.22. The van der Waals surface area contributed by atoms with Crippen molar-refractivity contribution < 1.29 is 9.13 Å². The number of nitrogens with zero attached hydrogens (tertiary/aromatic N) is 2. The van der Waals surface area contributed by atoms with E-state index in [1.54, 1.807) is 12.1 Å². The molecule has 0 aliphatic carbocycles. The average molecular weight is 456 g/mol.